The minimum absolute atomic E-state index is 0.0338. The van der Waals surface area contributed by atoms with Crippen LogP contribution in [0.25, 0.3) is 21.8 Å². The maximum absolute atomic E-state index is 15.8. The van der Waals surface area contributed by atoms with Gasteiger partial charge in [-0.05, 0) is 47.9 Å². The Morgan fingerprint density at radius 1 is 1.09 bits per heavy atom. The number of sulfonamides is 1. The van der Waals surface area contributed by atoms with E-state index >= 15 is 4.39 Å². The third-order valence-corrected chi connectivity index (χ3v) is 8.24. The van der Waals surface area contributed by atoms with E-state index in [1.165, 1.54) is 47.9 Å². The van der Waals surface area contributed by atoms with E-state index < -0.39 is 26.6 Å². The van der Waals surface area contributed by atoms with Crippen LogP contribution in [-0.4, -0.2) is 23.4 Å². The average molecular weight is 535 g/mol. The van der Waals surface area contributed by atoms with Crippen molar-refractivity contribution in [2.75, 3.05) is 4.72 Å². The fourth-order valence-electron chi connectivity index (χ4n) is 3.52. The summed E-state index contributed by atoms with van der Waals surface area (Å²) in [5.74, 6) is -1.69. The van der Waals surface area contributed by atoms with Crippen molar-refractivity contribution in [3.8, 4) is 21.8 Å². The summed E-state index contributed by atoms with van der Waals surface area (Å²) in [6, 6.07) is 9.93. The molecule has 0 atom stereocenters. The third kappa shape index (κ3) is 5.05. The fraction of sp³-hybridized carbons (Fsp3) is 0.208. The van der Waals surface area contributed by atoms with Gasteiger partial charge in [0.25, 0.3) is 10.0 Å². The summed E-state index contributed by atoms with van der Waals surface area (Å²) in [5, 5.41) is 0.778. The van der Waals surface area contributed by atoms with Gasteiger partial charge >= 0.3 is 0 Å². The van der Waals surface area contributed by atoms with Gasteiger partial charge in [0.15, 0.2) is 5.82 Å². The van der Waals surface area contributed by atoms with E-state index in [0.717, 1.165) is 11.1 Å². The molecule has 2 aromatic heterocycles. The number of benzene rings is 2. The Hall–Kier alpha value is -2.95. The summed E-state index contributed by atoms with van der Waals surface area (Å²) >= 11 is 7.31. The number of nitrogens with one attached hydrogen (secondary N) is 1. The lowest BCUT2D eigenvalue weighted by molar-refractivity contribution is 0.565. The largest absolute Gasteiger partial charge is 0.277 e. The van der Waals surface area contributed by atoms with Gasteiger partial charge in [-0.2, -0.15) is 0 Å². The highest BCUT2D eigenvalue weighted by Crippen LogP contribution is 2.40. The van der Waals surface area contributed by atoms with E-state index in [-0.39, 0.29) is 34.4 Å². The highest BCUT2D eigenvalue weighted by molar-refractivity contribution is 7.92. The number of hydrogen-bond donors (Lipinski definition) is 1. The van der Waals surface area contributed by atoms with E-state index in [4.69, 9.17) is 11.6 Å². The van der Waals surface area contributed by atoms with Crippen molar-refractivity contribution in [2.24, 2.45) is 0 Å². The zero-order valence-corrected chi connectivity index (χ0v) is 21.4. The summed E-state index contributed by atoms with van der Waals surface area (Å²) in [6.45, 7) is 5.63. The molecular weight excluding hydrogens is 514 g/mol. The first-order chi connectivity index (χ1) is 16.6. The van der Waals surface area contributed by atoms with E-state index in [2.05, 4.69) is 19.7 Å². The Kier molecular flexibility index (Phi) is 7.16. The molecule has 0 aliphatic rings. The molecule has 0 aliphatic carbocycles. The smallest absolute Gasteiger partial charge is 0.265 e. The minimum atomic E-state index is -4.41. The second-order valence-corrected chi connectivity index (χ2v) is 10.9. The van der Waals surface area contributed by atoms with Gasteiger partial charge in [0.05, 0.1) is 27.0 Å². The van der Waals surface area contributed by atoms with Crippen LogP contribution in [0.15, 0.2) is 53.6 Å². The van der Waals surface area contributed by atoms with Crippen LogP contribution in [0.3, 0.4) is 0 Å². The first-order valence-corrected chi connectivity index (χ1v) is 13.4. The van der Waals surface area contributed by atoms with Crippen molar-refractivity contribution in [1.29, 1.82) is 0 Å². The number of nitrogens with zero attached hydrogens (tertiary/aromatic N) is 3. The second-order valence-electron chi connectivity index (χ2n) is 7.95. The van der Waals surface area contributed by atoms with Crippen LogP contribution < -0.4 is 4.72 Å². The number of halogens is 3. The van der Waals surface area contributed by atoms with Crippen LogP contribution in [0.4, 0.5) is 14.5 Å². The quantitative estimate of drug-likeness (QED) is 0.267. The van der Waals surface area contributed by atoms with Gasteiger partial charge in [0.2, 0.25) is 5.28 Å². The molecule has 11 heteroatoms. The Morgan fingerprint density at radius 3 is 2.51 bits per heavy atom. The van der Waals surface area contributed by atoms with Crippen LogP contribution in [0.1, 0.15) is 37.3 Å². The molecular formula is C24H21ClF2N4O2S2. The van der Waals surface area contributed by atoms with E-state index in [9.17, 15) is 12.8 Å². The van der Waals surface area contributed by atoms with Crippen LogP contribution in [0.2, 0.25) is 5.28 Å². The minimum Gasteiger partial charge on any atom is -0.277 e. The molecule has 6 nitrogen and oxygen atoms in total. The van der Waals surface area contributed by atoms with Crippen molar-refractivity contribution in [2.45, 2.75) is 38.0 Å². The van der Waals surface area contributed by atoms with Gasteiger partial charge in [-0.15, -0.1) is 11.3 Å². The molecule has 182 valence electrons. The fourth-order valence-corrected chi connectivity index (χ4v) is 6.15. The van der Waals surface area contributed by atoms with Crippen molar-refractivity contribution in [3.05, 3.63) is 76.2 Å². The monoisotopic (exact) mass is 534 g/mol. The number of anilines is 1. The first kappa shape index (κ1) is 25.2. The predicted octanol–water partition coefficient (Wildman–Crippen LogP) is 6.69. The van der Waals surface area contributed by atoms with E-state index in [1.807, 2.05) is 13.8 Å². The SMILES string of the molecule is CCc1cccc(F)c1S(=O)(=O)Nc1cccc(-c2nc(C(C)C)sc2-c2ccnc(Cl)n2)c1F. The number of hydrogen-bond acceptors (Lipinski definition) is 6. The summed E-state index contributed by atoms with van der Waals surface area (Å²) in [5.41, 5.74) is 0.805. The molecule has 4 aromatic rings. The molecule has 0 saturated carbocycles. The van der Waals surface area contributed by atoms with Crippen molar-refractivity contribution >= 4 is 38.6 Å². The van der Waals surface area contributed by atoms with Gasteiger partial charge < -0.3 is 0 Å². The zero-order valence-electron chi connectivity index (χ0n) is 19.0. The first-order valence-electron chi connectivity index (χ1n) is 10.7. The maximum Gasteiger partial charge on any atom is 0.265 e. The summed E-state index contributed by atoms with van der Waals surface area (Å²) in [7, 11) is -4.41. The Labute approximate surface area is 211 Å². The van der Waals surface area contributed by atoms with Gasteiger partial charge in [-0.25, -0.2) is 32.2 Å². The number of aromatic nitrogens is 3. The molecule has 0 spiro atoms. The molecule has 0 unspecified atom stereocenters. The maximum atomic E-state index is 15.8. The average Bonchev–Trinajstić information content (AvgIpc) is 3.25. The summed E-state index contributed by atoms with van der Waals surface area (Å²) < 4.78 is 58.6. The molecule has 2 heterocycles. The van der Waals surface area contributed by atoms with Gasteiger partial charge in [-0.1, -0.05) is 39.0 Å². The van der Waals surface area contributed by atoms with Gasteiger partial charge in [-0.3, -0.25) is 4.72 Å². The Balaban J connectivity index is 1.83. The third-order valence-electron chi connectivity index (χ3n) is 5.19. The lowest BCUT2D eigenvalue weighted by atomic mass is 10.1. The number of aryl methyl sites for hydroxylation is 1. The molecule has 0 amide bonds. The lowest BCUT2D eigenvalue weighted by Gasteiger charge is -2.14. The van der Waals surface area contributed by atoms with Gasteiger partial charge in [0, 0.05) is 17.7 Å². The van der Waals surface area contributed by atoms with Crippen molar-refractivity contribution in [3.63, 3.8) is 0 Å². The Bertz CT molecular complexity index is 1510. The summed E-state index contributed by atoms with van der Waals surface area (Å²) in [4.78, 5) is 12.8. The topological polar surface area (TPSA) is 84.8 Å². The van der Waals surface area contributed by atoms with Crippen LogP contribution in [-0.2, 0) is 16.4 Å². The zero-order chi connectivity index (χ0) is 25.3. The molecule has 4 rings (SSSR count). The molecule has 0 radical (unpaired) electrons. The van der Waals surface area contributed by atoms with Crippen molar-refractivity contribution in [1.82, 2.24) is 15.0 Å². The molecule has 0 bridgehead atoms. The normalized spacial score (nSPS) is 11.7. The van der Waals surface area contributed by atoms with Crippen molar-refractivity contribution < 1.29 is 17.2 Å². The molecule has 0 aliphatic heterocycles. The number of rotatable bonds is 7. The van der Waals surface area contributed by atoms with E-state index in [1.54, 1.807) is 13.0 Å². The number of thiazole rings is 1. The second kappa shape index (κ2) is 9.96. The molecule has 35 heavy (non-hydrogen) atoms. The van der Waals surface area contributed by atoms with Crippen LogP contribution in [0, 0.1) is 11.6 Å². The highest BCUT2D eigenvalue weighted by atomic mass is 35.5. The lowest BCUT2D eigenvalue weighted by Crippen LogP contribution is -2.17. The van der Waals surface area contributed by atoms with Crippen LogP contribution in [0.5, 0.6) is 0 Å². The molecule has 0 saturated heterocycles. The molecule has 0 fully saturated rings. The van der Waals surface area contributed by atoms with Crippen LogP contribution >= 0.6 is 22.9 Å². The molecule has 1 N–H and O–H groups in total. The predicted molar refractivity (Wildman–Crippen MR) is 134 cm³/mol. The van der Waals surface area contributed by atoms with E-state index in [0.29, 0.717) is 16.3 Å². The standard InChI is InChI=1S/C24H21ClF2N4O2S2/c1-4-14-7-5-9-16(26)22(14)35(32,33)31-17-10-6-8-15(19(17)27)20-21(34-23(30-20)13(2)3)18-11-12-28-24(25)29-18/h5-13,31H,4H2,1-3H3. The molecule has 2 aromatic carbocycles. The summed E-state index contributed by atoms with van der Waals surface area (Å²) in [6.07, 6.45) is 1.78. The highest BCUT2D eigenvalue weighted by Gasteiger charge is 2.26. The van der Waals surface area contributed by atoms with Gasteiger partial charge in [0.1, 0.15) is 10.7 Å². The Morgan fingerprint density at radius 2 is 1.83 bits per heavy atom.